The predicted octanol–water partition coefficient (Wildman–Crippen LogP) is 2.91. The van der Waals surface area contributed by atoms with E-state index in [1.54, 1.807) is 18.2 Å². The molecule has 28 heavy (non-hydrogen) atoms. The van der Waals surface area contributed by atoms with Gasteiger partial charge in [-0.25, -0.2) is 0 Å². The van der Waals surface area contributed by atoms with Crippen molar-refractivity contribution in [2.45, 2.75) is 13.8 Å². The van der Waals surface area contributed by atoms with Crippen molar-refractivity contribution >= 4 is 11.6 Å². The number of carbonyl (C=O) groups is 1. The summed E-state index contributed by atoms with van der Waals surface area (Å²) >= 11 is 0. The molecule has 0 N–H and O–H groups in total. The monoisotopic (exact) mass is 379 g/mol. The molecule has 0 spiro atoms. The first kappa shape index (κ1) is 19.6. The summed E-state index contributed by atoms with van der Waals surface area (Å²) in [5.41, 5.74) is 4.29. The molecular formula is C22H25N3O3. The van der Waals surface area contributed by atoms with E-state index in [1.165, 1.54) is 23.9 Å². The van der Waals surface area contributed by atoms with Crippen molar-refractivity contribution in [2.24, 2.45) is 0 Å². The zero-order chi connectivity index (χ0) is 20.1. The second-order valence-corrected chi connectivity index (χ2v) is 6.85. The lowest BCUT2D eigenvalue weighted by molar-refractivity contribution is -0.133. The summed E-state index contributed by atoms with van der Waals surface area (Å²) in [6.07, 6.45) is 0. The average molecular weight is 379 g/mol. The van der Waals surface area contributed by atoms with Gasteiger partial charge in [-0.3, -0.25) is 4.79 Å². The van der Waals surface area contributed by atoms with Gasteiger partial charge in [0.2, 0.25) is 0 Å². The van der Waals surface area contributed by atoms with Gasteiger partial charge >= 0.3 is 0 Å². The maximum Gasteiger partial charge on any atom is 0.260 e. The van der Waals surface area contributed by atoms with Crippen molar-refractivity contribution in [1.29, 1.82) is 5.26 Å². The highest BCUT2D eigenvalue weighted by Gasteiger charge is 2.23. The van der Waals surface area contributed by atoms with Gasteiger partial charge in [-0.1, -0.05) is 12.1 Å². The van der Waals surface area contributed by atoms with Crippen molar-refractivity contribution in [3.8, 4) is 17.6 Å². The fraction of sp³-hybridized carbons (Fsp3) is 0.364. The number of nitriles is 1. The Kier molecular flexibility index (Phi) is 6.05. The maximum absolute atomic E-state index is 12.5. The molecule has 1 fully saturated rings. The van der Waals surface area contributed by atoms with Crippen LogP contribution in [0.15, 0.2) is 36.4 Å². The van der Waals surface area contributed by atoms with Crippen LogP contribution >= 0.6 is 0 Å². The van der Waals surface area contributed by atoms with E-state index in [1.807, 2.05) is 4.90 Å². The molecule has 146 valence electrons. The zero-order valence-electron chi connectivity index (χ0n) is 16.6. The molecule has 0 aliphatic carbocycles. The Morgan fingerprint density at radius 1 is 1.11 bits per heavy atom. The summed E-state index contributed by atoms with van der Waals surface area (Å²) in [6, 6.07) is 13.3. The van der Waals surface area contributed by atoms with Gasteiger partial charge in [0.1, 0.15) is 0 Å². The number of ether oxygens (including phenoxy) is 2. The predicted molar refractivity (Wildman–Crippen MR) is 108 cm³/mol. The highest BCUT2D eigenvalue weighted by atomic mass is 16.5. The van der Waals surface area contributed by atoms with Crippen molar-refractivity contribution in [3.63, 3.8) is 0 Å². The van der Waals surface area contributed by atoms with Crippen LogP contribution in [0.3, 0.4) is 0 Å². The first-order valence-electron chi connectivity index (χ1n) is 9.33. The molecule has 0 saturated carbocycles. The van der Waals surface area contributed by atoms with Gasteiger partial charge in [-0.15, -0.1) is 0 Å². The van der Waals surface area contributed by atoms with Crippen LogP contribution in [-0.4, -0.2) is 50.7 Å². The van der Waals surface area contributed by atoms with Gasteiger partial charge in [-0.05, 0) is 43.2 Å². The molecule has 3 rings (SSSR count). The van der Waals surface area contributed by atoms with Crippen LogP contribution in [0.2, 0.25) is 0 Å². The van der Waals surface area contributed by atoms with Crippen molar-refractivity contribution in [1.82, 2.24) is 4.90 Å². The molecule has 1 heterocycles. The lowest BCUT2D eigenvalue weighted by Crippen LogP contribution is -2.50. The summed E-state index contributed by atoms with van der Waals surface area (Å²) in [4.78, 5) is 16.7. The van der Waals surface area contributed by atoms with Gasteiger partial charge in [0.05, 0.1) is 18.7 Å². The quantitative estimate of drug-likeness (QED) is 0.799. The molecule has 1 saturated heterocycles. The number of benzene rings is 2. The minimum Gasteiger partial charge on any atom is -0.493 e. The molecule has 2 aromatic carbocycles. The third kappa shape index (κ3) is 4.20. The molecule has 2 aromatic rings. The van der Waals surface area contributed by atoms with Crippen LogP contribution < -0.4 is 14.4 Å². The SMILES string of the molecule is COc1cc(C#N)ccc1OCC(=O)N1CCN(c2cccc(C)c2C)CC1. The first-order valence-corrected chi connectivity index (χ1v) is 9.33. The molecule has 6 nitrogen and oxygen atoms in total. The van der Waals surface area contributed by atoms with E-state index < -0.39 is 0 Å². The number of aryl methyl sites for hydroxylation is 1. The minimum atomic E-state index is -0.0499. The molecule has 6 heteroatoms. The Labute approximate surface area is 165 Å². The summed E-state index contributed by atoms with van der Waals surface area (Å²) < 4.78 is 10.9. The van der Waals surface area contributed by atoms with E-state index in [2.05, 4.69) is 43.0 Å². The van der Waals surface area contributed by atoms with E-state index in [0.29, 0.717) is 30.2 Å². The van der Waals surface area contributed by atoms with Crippen LogP contribution in [0.1, 0.15) is 16.7 Å². The Bertz CT molecular complexity index is 896. The third-order valence-corrected chi connectivity index (χ3v) is 5.19. The summed E-state index contributed by atoms with van der Waals surface area (Å²) in [5, 5.41) is 8.96. The Hall–Kier alpha value is -3.20. The fourth-order valence-electron chi connectivity index (χ4n) is 3.36. The molecule has 1 amide bonds. The van der Waals surface area contributed by atoms with Crippen LogP contribution in [0.25, 0.3) is 0 Å². The van der Waals surface area contributed by atoms with Gasteiger partial charge < -0.3 is 19.3 Å². The van der Waals surface area contributed by atoms with Crippen molar-refractivity contribution in [2.75, 3.05) is 44.8 Å². The normalized spacial score (nSPS) is 13.8. The van der Waals surface area contributed by atoms with Gasteiger partial charge in [0.15, 0.2) is 18.1 Å². The maximum atomic E-state index is 12.5. The van der Waals surface area contributed by atoms with E-state index in [-0.39, 0.29) is 12.5 Å². The Morgan fingerprint density at radius 2 is 1.86 bits per heavy atom. The van der Waals surface area contributed by atoms with E-state index in [4.69, 9.17) is 14.7 Å². The largest absolute Gasteiger partial charge is 0.493 e. The topological polar surface area (TPSA) is 65.8 Å². The second-order valence-electron chi connectivity index (χ2n) is 6.85. The summed E-state index contributed by atoms with van der Waals surface area (Å²) in [5.74, 6) is 0.863. The fourth-order valence-corrected chi connectivity index (χ4v) is 3.36. The molecule has 1 aliphatic heterocycles. The lowest BCUT2D eigenvalue weighted by atomic mass is 10.1. The van der Waals surface area contributed by atoms with E-state index in [0.717, 1.165) is 13.1 Å². The van der Waals surface area contributed by atoms with Crippen LogP contribution in [0, 0.1) is 25.2 Å². The second kappa shape index (κ2) is 8.66. The Balaban J connectivity index is 1.56. The highest BCUT2D eigenvalue weighted by molar-refractivity contribution is 5.78. The van der Waals surface area contributed by atoms with E-state index >= 15 is 0 Å². The van der Waals surface area contributed by atoms with Crippen LogP contribution in [-0.2, 0) is 4.79 Å². The number of amides is 1. The number of rotatable bonds is 5. The molecule has 0 unspecified atom stereocenters. The van der Waals surface area contributed by atoms with Crippen LogP contribution in [0.5, 0.6) is 11.5 Å². The standard InChI is InChI=1S/C22H25N3O3/c1-16-5-4-6-19(17(16)2)24-9-11-25(12-10-24)22(26)15-28-20-8-7-18(14-23)13-21(20)27-3/h4-8,13H,9-12,15H2,1-3H3. The summed E-state index contributed by atoms with van der Waals surface area (Å²) in [6.45, 7) is 7.15. The number of piperazine rings is 1. The van der Waals surface area contributed by atoms with E-state index in [9.17, 15) is 4.79 Å². The lowest BCUT2D eigenvalue weighted by Gasteiger charge is -2.37. The zero-order valence-corrected chi connectivity index (χ0v) is 16.6. The molecule has 1 aliphatic rings. The highest BCUT2D eigenvalue weighted by Crippen LogP contribution is 2.28. The van der Waals surface area contributed by atoms with Gasteiger partial charge in [-0.2, -0.15) is 5.26 Å². The number of hydrogen-bond donors (Lipinski definition) is 0. The summed E-state index contributed by atoms with van der Waals surface area (Å²) in [7, 11) is 1.51. The Morgan fingerprint density at radius 3 is 2.54 bits per heavy atom. The number of methoxy groups -OCH3 is 1. The molecular weight excluding hydrogens is 354 g/mol. The number of nitrogens with zero attached hydrogens (tertiary/aromatic N) is 3. The number of anilines is 1. The minimum absolute atomic E-state index is 0.0490. The average Bonchev–Trinajstić information content (AvgIpc) is 2.74. The van der Waals surface area contributed by atoms with Crippen molar-refractivity contribution < 1.29 is 14.3 Å². The molecule has 0 radical (unpaired) electrons. The van der Waals surface area contributed by atoms with Gasteiger partial charge in [0.25, 0.3) is 5.91 Å². The van der Waals surface area contributed by atoms with Crippen molar-refractivity contribution in [3.05, 3.63) is 53.1 Å². The van der Waals surface area contributed by atoms with Crippen LogP contribution in [0.4, 0.5) is 5.69 Å². The van der Waals surface area contributed by atoms with Gasteiger partial charge in [0, 0.05) is 37.9 Å². The number of hydrogen-bond acceptors (Lipinski definition) is 5. The number of carbonyl (C=O) groups excluding carboxylic acids is 1. The molecule has 0 atom stereocenters. The third-order valence-electron chi connectivity index (χ3n) is 5.19. The first-order chi connectivity index (χ1) is 13.5. The smallest absolute Gasteiger partial charge is 0.260 e. The molecule has 0 aromatic heterocycles. The molecule has 0 bridgehead atoms.